The van der Waals surface area contributed by atoms with Crippen molar-refractivity contribution in [1.29, 1.82) is 0 Å². The lowest BCUT2D eigenvalue weighted by Gasteiger charge is -2.12. The number of carbonyl (C=O) groups is 1. The molecular weight excluding hydrogens is 226 g/mol. The SMILES string of the molecule is CSCC(C)NCc1ncncc1C(=O)O. The lowest BCUT2D eigenvalue weighted by Crippen LogP contribution is -2.28. The van der Waals surface area contributed by atoms with Crippen molar-refractivity contribution >= 4 is 17.7 Å². The standard InChI is InChI=1S/C10H15N3O2S/c1-7(5-16-2)12-4-9-8(10(14)15)3-11-6-13-9/h3,6-7,12H,4-5H2,1-2H3,(H,14,15). The molecule has 1 rings (SSSR count). The third-order valence-electron chi connectivity index (χ3n) is 2.06. The molecule has 2 N–H and O–H groups in total. The summed E-state index contributed by atoms with van der Waals surface area (Å²) in [7, 11) is 0. The minimum atomic E-state index is -0.991. The average molecular weight is 241 g/mol. The zero-order chi connectivity index (χ0) is 12.0. The highest BCUT2D eigenvalue weighted by molar-refractivity contribution is 7.98. The number of aromatic nitrogens is 2. The number of rotatable bonds is 6. The first kappa shape index (κ1) is 12.9. The molecule has 0 spiro atoms. The van der Waals surface area contributed by atoms with Crippen LogP contribution in [-0.2, 0) is 6.54 Å². The summed E-state index contributed by atoms with van der Waals surface area (Å²) < 4.78 is 0. The van der Waals surface area contributed by atoms with Gasteiger partial charge in [0.1, 0.15) is 11.9 Å². The van der Waals surface area contributed by atoms with Crippen LogP contribution in [0, 0.1) is 0 Å². The molecular formula is C10H15N3O2S. The Balaban J connectivity index is 2.63. The van der Waals surface area contributed by atoms with Gasteiger partial charge in [-0.05, 0) is 13.2 Å². The summed E-state index contributed by atoms with van der Waals surface area (Å²) >= 11 is 1.74. The fourth-order valence-electron chi connectivity index (χ4n) is 1.25. The second-order valence-corrected chi connectivity index (χ2v) is 4.34. The van der Waals surface area contributed by atoms with Crippen molar-refractivity contribution in [1.82, 2.24) is 15.3 Å². The molecule has 0 aliphatic rings. The van der Waals surface area contributed by atoms with Crippen LogP contribution in [0.15, 0.2) is 12.5 Å². The van der Waals surface area contributed by atoms with Crippen LogP contribution in [0.1, 0.15) is 23.0 Å². The van der Waals surface area contributed by atoms with Crippen LogP contribution >= 0.6 is 11.8 Å². The zero-order valence-corrected chi connectivity index (χ0v) is 10.1. The average Bonchev–Trinajstić information content (AvgIpc) is 2.27. The van der Waals surface area contributed by atoms with E-state index in [0.717, 1.165) is 5.75 Å². The van der Waals surface area contributed by atoms with Crippen LogP contribution < -0.4 is 5.32 Å². The van der Waals surface area contributed by atoms with Gasteiger partial charge < -0.3 is 10.4 Å². The monoisotopic (exact) mass is 241 g/mol. The second-order valence-electron chi connectivity index (χ2n) is 3.43. The van der Waals surface area contributed by atoms with Gasteiger partial charge in [-0.25, -0.2) is 14.8 Å². The van der Waals surface area contributed by atoms with Gasteiger partial charge >= 0.3 is 5.97 Å². The number of hydrogen-bond donors (Lipinski definition) is 2. The number of carboxylic acid groups (broad SMARTS) is 1. The number of nitrogens with zero attached hydrogens (tertiary/aromatic N) is 2. The maximum Gasteiger partial charge on any atom is 0.339 e. The number of aromatic carboxylic acids is 1. The maximum atomic E-state index is 10.9. The molecule has 5 nitrogen and oxygen atoms in total. The Bertz CT molecular complexity index is 360. The summed E-state index contributed by atoms with van der Waals surface area (Å²) in [6, 6.07) is 0.326. The molecule has 0 bridgehead atoms. The fourth-order valence-corrected chi connectivity index (χ4v) is 1.87. The van der Waals surface area contributed by atoms with E-state index in [0.29, 0.717) is 18.3 Å². The lowest BCUT2D eigenvalue weighted by molar-refractivity contribution is 0.0694. The number of carboxylic acids is 1. The summed E-state index contributed by atoms with van der Waals surface area (Å²) in [6.07, 6.45) is 4.72. The van der Waals surface area contributed by atoms with Crippen LogP contribution in [0.3, 0.4) is 0 Å². The Hall–Kier alpha value is -1.14. The maximum absolute atomic E-state index is 10.9. The van der Waals surface area contributed by atoms with Gasteiger partial charge in [0.05, 0.1) is 5.69 Å². The molecule has 0 saturated heterocycles. The van der Waals surface area contributed by atoms with Crippen molar-refractivity contribution in [2.75, 3.05) is 12.0 Å². The molecule has 1 unspecified atom stereocenters. The van der Waals surface area contributed by atoms with Crippen molar-refractivity contribution in [3.05, 3.63) is 23.8 Å². The van der Waals surface area contributed by atoms with Crippen LogP contribution in [0.4, 0.5) is 0 Å². The first-order valence-electron chi connectivity index (χ1n) is 4.89. The van der Waals surface area contributed by atoms with E-state index in [9.17, 15) is 4.79 Å². The predicted octanol–water partition coefficient (Wildman–Crippen LogP) is 1.02. The van der Waals surface area contributed by atoms with Crippen molar-refractivity contribution in [3.8, 4) is 0 Å². The van der Waals surface area contributed by atoms with Crippen LogP contribution in [0.25, 0.3) is 0 Å². The second kappa shape index (κ2) is 6.44. The molecule has 0 amide bonds. The normalized spacial score (nSPS) is 12.4. The largest absolute Gasteiger partial charge is 0.478 e. The van der Waals surface area contributed by atoms with E-state index in [4.69, 9.17) is 5.11 Å². The molecule has 16 heavy (non-hydrogen) atoms. The highest BCUT2D eigenvalue weighted by atomic mass is 32.2. The van der Waals surface area contributed by atoms with Gasteiger partial charge in [-0.2, -0.15) is 11.8 Å². The van der Waals surface area contributed by atoms with Gasteiger partial charge in [-0.15, -0.1) is 0 Å². The minimum Gasteiger partial charge on any atom is -0.478 e. The molecule has 6 heteroatoms. The summed E-state index contributed by atoms with van der Waals surface area (Å²) in [4.78, 5) is 18.6. The number of thioether (sulfide) groups is 1. The van der Waals surface area contributed by atoms with Gasteiger partial charge in [0.2, 0.25) is 0 Å². The van der Waals surface area contributed by atoms with E-state index in [2.05, 4.69) is 22.2 Å². The topological polar surface area (TPSA) is 75.1 Å². The lowest BCUT2D eigenvalue weighted by atomic mass is 10.2. The third-order valence-corrected chi connectivity index (χ3v) is 2.89. The predicted molar refractivity (Wildman–Crippen MR) is 63.7 cm³/mol. The first-order chi connectivity index (χ1) is 7.65. The first-order valence-corrected chi connectivity index (χ1v) is 6.29. The molecule has 88 valence electrons. The molecule has 0 radical (unpaired) electrons. The van der Waals surface area contributed by atoms with Crippen LogP contribution in [0.5, 0.6) is 0 Å². The van der Waals surface area contributed by atoms with E-state index in [1.807, 2.05) is 6.26 Å². The van der Waals surface area contributed by atoms with Crippen molar-refractivity contribution < 1.29 is 9.90 Å². The van der Waals surface area contributed by atoms with Crippen molar-refractivity contribution in [2.24, 2.45) is 0 Å². The molecule has 0 fully saturated rings. The van der Waals surface area contributed by atoms with Gasteiger partial charge in [0.15, 0.2) is 0 Å². The molecule has 1 aromatic heterocycles. The van der Waals surface area contributed by atoms with Gasteiger partial charge in [0, 0.05) is 24.5 Å². The van der Waals surface area contributed by atoms with Crippen molar-refractivity contribution in [2.45, 2.75) is 19.5 Å². The molecule has 0 aliphatic heterocycles. The molecule has 1 atom stereocenters. The van der Waals surface area contributed by atoms with E-state index in [-0.39, 0.29) is 5.56 Å². The Morgan fingerprint density at radius 2 is 2.44 bits per heavy atom. The highest BCUT2D eigenvalue weighted by Crippen LogP contribution is 2.04. The summed E-state index contributed by atoms with van der Waals surface area (Å²) in [5.74, 6) is -0.0112. The Kier molecular flexibility index (Phi) is 5.21. The van der Waals surface area contributed by atoms with E-state index in [1.165, 1.54) is 12.5 Å². The molecule has 1 aromatic rings. The summed E-state index contributed by atoms with van der Waals surface area (Å²) in [6.45, 7) is 2.50. The van der Waals surface area contributed by atoms with E-state index < -0.39 is 5.97 Å². The van der Waals surface area contributed by atoms with Crippen LogP contribution in [-0.4, -0.2) is 39.1 Å². The van der Waals surface area contributed by atoms with E-state index in [1.54, 1.807) is 11.8 Å². The quantitative estimate of drug-likeness (QED) is 0.774. The molecule has 0 aliphatic carbocycles. The number of hydrogen-bond acceptors (Lipinski definition) is 5. The van der Waals surface area contributed by atoms with Gasteiger partial charge in [-0.3, -0.25) is 0 Å². The zero-order valence-electron chi connectivity index (χ0n) is 9.30. The molecule has 0 aromatic carbocycles. The Labute approximate surface area is 98.7 Å². The van der Waals surface area contributed by atoms with Crippen molar-refractivity contribution in [3.63, 3.8) is 0 Å². The van der Waals surface area contributed by atoms with Gasteiger partial charge in [-0.1, -0.05) is 0 Å². The van der Waals surface area contributed by atoms with Gasteiger partial charge in [0.25, 0.3) is 0 Å². The van der Waals surface area contributed by atoms with E-state index >= 15 is 0 Å². The number of nitrogens with one attached hydrogen (secondary N) is 1. The molecule has 0 saturated carbocycles. The minimum absolute atomic E-state index is 0.159. The Morgan fingerprint density at radius 1 is 1.69 bits per heavy atom. The smallest absolute Gasteiger partial charge is 0.339 e. The molecule has 1 heterocycles. The highest BCUT2D eigenvalue weighted by Gasteiger charge is 2.11. The summed E-state index contributed by atoms with van der Waals surface area (Å²) in [5.41, 5.74) is 0.682. The Morgan fingerprint density at radius 3 is 3.06 bits per heavy atom. The summed E-state index contributed by atoms with van der Waals surface area (Å²) in [5, 5.41) is 12.1. The third kappa shape index (κ3) is 3.79. The van der Waals surface area contributed by atoms with Crippen LogP contribution in [0.2, 0.25) is 0 Å². The fraction of sp³-hybridized carbons (Fsp3) is 0.500.